The van der Waals surface area contributed by atoms with Gasteiger partial charge in [0.05, 0.1) is 5.92 Å². The average Bonchev–Trinajstić information content (AvgIpc) is 3.15. The van der Waals surface area contributed by atoms with Gasteiger partial charge in [-0.25, -0.2) is 8.42 Å². The van der Waals surface area contributed by atoms with E-state index < -0.39 is 10.0 Å². The smallest absolute Gasteiger partial charge is 0.248 e. The Kier molecular flexibility index (Phi) is 7.56. The molecule has 0 radical (unpaired) electrons. The molecule has 2 atom stereocenters. The van der Waals surface area contributed by atoms with Gasteiger partial charge in [0, 0.05) is 19.1 Å². The first kappa shape index (κ1) is 24.2. The van der Waals surface area contributed by atoms with Crippen LogP contribution in [0.3, 0.4) is 0 Å². The van der Waals surface area contributed by atoms with Crippen molar-refractivity contribution in [2.45, 2.75) is 64.8 Å². The standard InChI is InChI=1S/C24H33N3O4S/c1-6-18(4)25-24(28)21-8-7-13-27(15-21)32(29,30)23-19(5)26-31-22(23)12-11-20-14-16(2)9-10-17(20)3/h9-12,14,18,21H,6-8,13,15H2,1-5H3,(H,25,28). The van der Waals surface area contributed by atoms with E-state index in [0.717, 1.165) is 23.1 Å². The number of hydrogen-bond donors (Lipinski definition) is 1. The van der Waals surface area contributed by atoms with E-state index in [2.05, 4.69) is 10.5 Å². The average molecular weight is 460 g/mol. The molecular formula is C24H33N3O4S. The SMILES string of the molecule is CCC(C)NC(=O)C1CCCN(S(=O)(=O)c2c(C)noc2C=Cc2cc(C)ccc2C)C1. The molecule has 174 valence electrons. The molecule has 1 saturated heterocycles. The van der Waals surface area contributed by atoms with Gasteiger partial charge in [-0.15, -0.1) is 0 Å². The lowest BCUT2D eigenvalue weighted by Gasteiger charge is -2.31. The second-order valence-corrected chi connectivity index (χ2v) is 10.5. The molecule has 0 spiro atoms. The summed E-state index contributed by atoms with van der Waals surface area (Å²) in [5.41, 5.74) is 3.50. The van der Waals surface area contributed by atoms with Gasteiger partial charge in [0.2, 0.25) is 15.9 Å². The first-order valence-corrected chi connectivity index (χ1v) is 12.6. The second kappa shape index (κ2) is 10.0. The molecule has 3 rings (SSSR count). The van der Waals surface area contributed by atoms with Crippen molar-refractivity contribution in [3.8, 4) is 0 Å². The van der Waals surface area contributed by atoms with Crippen LogP contribution in [0.5, 0.6) is 0 Å². The van der Waals surface area contributed by atoms with E-state index >= 15 is 0 Å². The van der Waals surface area contributed by atoms with Crippen LogP contribution in [0.25, 0.3) is 12.2 Å². The number of nitrogens with one attached hydrogen (secondary N) is 1. The zero-order valence-corrected chi connectivity index (χ0v) is 20.3. The van der Waals surface area contributed by atoms with Crippen LogP contribution in [0.1, 0.15) is 61.3 Å². The van der Waals surface area contributed by atoms with Crippen molar-refractivity contribution in [2.24, 2.45) is 5.92 Å². The third-order valence-electron chi connectivity index (χ3n) is 6.04. The lowest BCUT2D eigenvalue weighted by Crippen LogP contribution is -2.47. The minimum Gasteiger partial charge on any atom is -0.355 e. The topological polar surface area (TPSA) is 92.5 Å². The highest BCUT2D eigenvalue weighted by molar-refractivity contribution is 7.89. The van der Waals surface area contributed by atoms with E-state index in [1.165, 1.54) is 4.31 Å². The summed E-state index contributed by atoms with van der Waals surface area (Å²) in [5, 5.41) is 6.90. The Hall–Kier alpha value is -2.45. The van der Waals surface area contributed by atoms with Gasteiger partial charge >= 0.3 is 0 Å². The summed E-state index contributed by atoms with van der Waals surface area (Å²) in [6.07, 6.45) is 5.65. The van der Waals surface area contributed by atoms with Gasteiger partial charge in [-0.05, 0) is 64.2 Å². The predicted molar refractivity (Wildman–Crippen MR) is 125 cm³/mol. The number of nitrogens with zero attached hydrogens (tertiary/aromatic N) is 2. The number of piperidine rings is 1. The van der Waals surface area contributed by atoms with Crippen LogP contribution in [0.4, 0.5) is 0 Å². The van der Waals surface area contributed by atoms with Gasteiger partial charge in [-0.1, -0.05) is 41.9 Å². The van der Waals surface area contributed by atoms with Crippen LogP contribution in [0, 0.1) is 26.7 Å². The van der Waals surface area contributed by atoms with Gasteiger partial charge in [0.1, 0.15) is 5.69 Å². The van der Waals surface area contributed by atoms with Crippen molar-refractivity contribution in [3.63, 3.8) is 0 Å². The highest BCUT2D eigenvalue weighted by Crippen LogP contribution is 2.29. The van der Waals surface area contributed by atoms with Crippen LogP contribution >= 0.6 is 0 Å². The molecule has 8 heteroatoms. The lowest BCUT2D eigenvalue weighted by molar-refractivity contribution is -0.126. The van der Waals surface area contributed by atoms with Crippen molar-refractivity contribution in [3.05, 3.63) is 46.3 Å². The maximum Gasteiger partial charge on any atom is 0.248 e. The highest BCUT2D eigenvalue weighted by Gasteiger charge is 2.37. The van der Waals surface area contributed by atoms with Crippen molar-refractivity contribution < 1.29 is 17.7 Å². The molecule has 1 N–H and O–H groups in total. The Labute approximate surface area is 190 Å². The van der Waals surface area contributed by atoms with Crippen molar-refractivity contribution >= 4 is 28.1 Å². The summed E-state index contributed by atoms with van der Waals surface area (Å²) in [6, 6.07) is 6.16. The van der Waals surface area contributed by atoms with Crippen LogP contribution in [0.15, 0.2) is 27.6 Å². The second-order valence-electron chi connectivity index (χ2n) is 8.67. The minimum absolute atomic E-state index is 0.0663. The van der Waals surface area contributed by atoms with Gasteiger partial charge in [0.15, 0.2) is 10.7 Å². The van der Waals surface area contributed by atoms with Gasteiger partial charge in [-0.3, -0.25) is 4.79 Å². The summed E-state index contributed by atoms with van der Waals surface area (Å²) in [6.45, 7) is 10.1. The minimum atomic E-state index is -3.86. The largest absolute Gasteiger partial charge is 0.355 e. The van der Waals surface area contributed by atoms with Crippen molar-refractivity contribution in [2.75, 3.05) is 13.1 Å². The number of carbonyl (C=O) groups is 1. The molecule has 32 heavy (non-hydrogen) atoms. The van der Waals surface area contributed by atoms with E-state index in [1.54, 1.807) is 13.0 Å². The third kappa shape index (κ3) is 5.30. The van der Waals surface area contributed by atoms with Gasteiger partial charge in [-0.2, -0.15) is 4.31 Å². The normalized spacial score (nSPS) is 18.7. The first-order valence-electron chi connectivity index (χ1n) is 11.2. The van der Waals surface area contributed by atoms with E-state index in [9.17, 15) is 13.2 Å². The number of carbonyl (C=O) groups excluding carboxylic acids is 1. The Morgan fingerprint density at radius 3 is 2.78 bits per heavy atom. The van der Waals surface area contributed by atoms with Crippen LogP contribution in [-0.4, -0.2) is 42.9 Å². The summed E-state index contributed by atoms with van der Waals surface area (Å²) in [5.74, 6) is -0.243. The number of amides is 1. The number of rotatable bonds is 7. The van der Waals surface area contributed by atoms with Crippen molar-refractivity contribution in [1.82, 2.24) is 14.8 Å². The quantitative estimate of drug-likeness (QED) is 0.673. The maximum atomic E-state index is 13.5. The molecule has 1 fully saturated rings. The highest BCUT2D eigenvalue weighted by atomic mass is 32.2. The maximum absolute atomic E-state index is 13.5. The molecule has 7 nitrogen and oxygen atoms in total. The molecule has 1 aliphatic heterocycles. The van der Waals surface area contributed by atoms with Crippen LogP contribution < -0.4 is 5.32 Å². The fraction of sp³-hybridized carbons (Fsp3) is 0.500. The summed E-state index contributed by atoms with van der Waals surface area (Å²) >= 11 is 0. The predicted octanol–water partition coefficient (Wildman–Crippen LogP) is 4.09. The Morgan fingerprint density at radius 1 is 1.31 bits per heavy atom. The zero-order chi connectivity index (χ0) is 23.5. The molecule has 0 saturated carbocycles. The Morgan fingerprint density at radius 2 is 2.06 bits per heavy atom. The molecule has 0 aliphatic carbocycles. The molecule has 0 bridgehead atoms. The Bertz CT molecular complexity index is 1100. The van der Waals surface area contributed by atoms with Gasteiger partial charge in [0.25, 0.3) is 0 Å². The van der Waals surface area contributed by atoms with Crippen molar-refractivity contribution in [1.29, 1.82) is 0 Å². The van der Waals surface area contributed by atoms with Crippen LogP contribution in [0.2, 0.25) is 0 Å². The molecule has 1 aliphatic rings. The first-order chi connectivity index (χ1) is 15.1. The summed E-state index contributed by atoms with van der Waals surface area (Å²) in [4.78, 5) is 12.7. The fourth-order valence-electron chi connectivity index (χ4n) is 3.87. The monoisotopic (exact) mass is 459 g/mol. The summed E-state index contributed by atoms with van der Waals surface area (Å²) < 4.78 is 33.8. The van der Waals surface area contributed by atoms with E-state index in [-0.39, 0.29) is 35.1 Å². The molecular weight excluding hydrogens is 426 g/mol. The fourth-order valence-corrected chi connectivity index (χ4v) is 5.64. The third-order valence-corrected chi connectivity index (χ3v) is 8.06. The molecule has 2 unspecified atom stereocenters. The Balaban J connectivity index is 1.86. The number of aryl methyl sites for hydroxylation is 3. The molecule has 1 aromatic carbocycles. The number of benzene rings is 1. The van der Waals surface area contributed by atoms with E-state index in [0.29, 0.717) is 25.1 Å². The molecule has 2 aromatic rings. The van der Waals surface area contributed by atoms with E-state index in [1.807, 2.05) is 52.0 Å². The number of sulfonamides is 1. The van der Waals surface area contributed by atoms with Gasteiger partial charge < -0.3 is 9.84 Å². The number of hydrogen-bond acceptors (Lipinski definition) is 5. The molecule has 2 heterocycles. The van der Waals surface area contributed by atoms with Crippen LogP contribution in [-0.2, 0) is 14.8 Å². The molecule has 1 amide bonds. The summed E-state index contributed by atoms with van der Waals surface area (Å²) in [7, 11) is -3.86. The molecule has 1 aromatic heterocycles. The van der Waals surface area contributed by atoms with E-state index in [4.69, 9.17) is 4.52 Å². The number of aromatic nitrogens is 1. The lowest BCUT2D eigenvalue weighted by atomic mass is 9.98. The zero-order valence-electron chi connectivity index (χ0n) is 19.5.